The number of cyclic esters (lactones) is 1. The molecule has 0 saturated heterocycles. The zero-order valence-corrected chi connectivity index (χ0v) is 17.8. The summed E-state index contributed by atoms with van der Waals surface area (Å²) in [5.41, 5.74) is 0.845. The van der Waals surface area contributed by atoms with Crippen molar-refractivity contribution in [2.24, 2.45) is 0 Å². The maximum atomic E-state index is 12.6. The van der Waals surface area contributed by atoms with Crippen molar-refractivity contribution < 1.29 is 34.4 Å². The van der Waals surface area contributed by atoms with Gasteiger partial charge < -0.3 is 24.8 Å². The lowest BCUT2D eigenvalue weighted by Crippen LogP contribution is -2.47. The van der Waals surface area contributed by atoms with Gasteiger partial charge in [0.05, 0.1) is 7.11 Å². The molecule has 0 fully saturated rings. The first kappa shape index (κ1) is 23.5. The van der Waals surface area contributed by atoms with Crippen molar-refractivity contribution in [1.82, 2.24) is 10.2 Å². The third-order valence-corrected chi connectivity index (χ3v) is 5.29. The van der Waals surface area contributed by atoms with E-state index < -0.39 is 36.4 Å². The maximum absolute atomic E-state index is 12.6. The van der Waals surface area contributed by atoms with E-state index in [1.54, 1.807) is 6.08 Å². The molecule has 1 aliphatic rings. The average Bonchev–Trinajstić information content (AvgIpc) is 2.82. The van der Waals surface area contributed by atoms with Crippen LogP contribution in [0.5, 0.6) is 0 Å². The fraction of sp³-hybridized carbons (Fsp3) is 0.391. The highest BCUT2D eigenvalue weighted by Crippen LogP contribution is 2.35. The Morgan fingerprint density at radius 2 is 1.97 bits per heavy atom. The number of esters is 2. The third-order valence-electron chi connectivity index (χ3n) is 5.29. The Kier molecular flexibility index (Phi) is 7.68. The minimum Gasteiger partial charge on any atom is -0.464 e. The van der Waals surface area contributed by atoms with E-state index >= 15 is 0 Å². The van der Waals surface area contributed by atoms with Crippen LogP contribution in [0.15, 0.2) is 36.4 Å². The first-order valence-electron chi connectivity index (χ1n) is 10.3. The Balaban J connectivity index is 1.94. The lowest BCUT2D eigenvalue weighted by molar-refractivity contribution is -0.109. The van der Waals surface area contributed by atoms with E-state index in [9.17, 15) is 24.9 Å². The first-order chi connectivity index (χ1) is 15.4. The molecule has 3 N–H and O–H groups in total. The van der Waals surface area contributed by atoms with Crippen LogP contribution in [0.2, 0.25) is 0 Å². The van der Waals surface area contributed by atoms with E-state index in [1.807, 2.05) is 37.3 Å². The van der Waals surface area contributed by atoms with Gasteiger partial charge in [-0.05, 0) is 24.0 Å². The zero-order chi connectivity index (χ0) is 23.3. The van der Waals surface area contributed by atoms with Crippen molar-refractivity contribution in [1.29, 1.82) is 0 Å². The van der Waals surface area contributed by atoms with E-state index in [4.69, 9.17) is 9.47 Å². The van der Waals surface area contributed by atoms with Gasteiger partial charge in [0.15, 0.2) is 17.5 Å². The zero-order valence-electron chi connectivity index (χ0n) is 17.8. The molecule has 4 unspecified atom stereocenters. The molecule has 0 spiro atoms. The van der Waals surface area contributed by atoms with Gasteiger partial charge in [0.1, 0.15) is 18.3 Å². The molecule has 170 valence electrons. The summed E-state index contributed by atoms with van der Waals surface area (Å²) in [4.78, 5) is 24.8. The quantitative estimate of drug-likeness (QED) is 0.520. The van der Waals surface area contributed by atoms with E-state index in [1.165, 1.54) is 13.2 Å². The van der Waals surface area contributed by atoms with Crippen molar-refractivity contribution in [2.75, 3.05) is 7.11 Å². The standard InChI is InChI=1S/C23H26N2O7/c1-3-4-10-14-16-18(25-24-17(14)22(29)31-2)23(30)32-21(20(16)28)19(27)15(26)12-11-13-8-6-5-7-9-13/h5-9,11-12,15,19-21,26-28H,3-4,10H2,1-2H3. The van der Waals surface area contributed by atoms with Crippen molar-refractivity contribution in [3.8, 4) is 0 Å². The molecule has 3 rings (SSSR count). The van der Waals surface area contributed by atoms with Crippen molar-refractivity contribution in [2.45, 2.75) is 50.6 Å². The Morgan fingerprint density at radius 1 is 1.25 bits per heavy atom. The second-order valence-electron chi connectivity index (χ2n) is 7.45. The smallest absolute Gasteiger partial charge is 0.359 e. The number of aliphatic hydroxyl groups is 3. The Hall–Kier alpha value is -3.14. The van der Waals surface area contributed by atoms with Crippen LogP contribution >= 0.6 is 0 Å². The minimum atomic E-state index is -1.63. The highest BCUT2D eigenvalue weighted by Gasteiger charge is 2.44. The van der Waals surface area contributed by atoms with Gasteiger partial charge in [-0.25, -0.2) is 9.59 Å². The summed E-state index contributed by atoms with van der Waals surface area (Å²) in [6.45, 7) is 1.95. The molecule has 32 heavy (non-hydrogen) atoms. The van der Waals surface area contributed by atoms with Crippen LogP contribution in [0.4, 0.5) is 0 Å². The molecule has 9 heteroatoms. The van der Waals surface area contributed by atoms with Crippen LogP contribution in [-0.2, 0) is 15.9 Å². The summed E-state index contributed by atoms with van der Waals surface area (Å²) in [7, 11) is 1.19. The lowest BCUT2D eigenvalue weighted by Gasteiger charge is -2.34. The second kappa shape index (κ2) is 10.4. The molecule has 0 radical (unpaired) electrons. The van der Waals surface area contributed by atoms with Gasteiger partial charge in [-0.3, -0.25) is 0 Å². The minimum absolute atomic E-state index is 0.0633. The number of hydrogen-bond donors (Lipinski definition) is 3. The fourth-order valence-corrected chi connectivity index (χ4v) is 3.57. The number of nitrogens with zero attached hydrogens (tertiary/aromatic N) is 2. The van der Waals surface area contributed by atoms with Crippen molar-refractivity contribution >= 4 is 18.0 Å². The molecule has 1 aromatic carbocycles. The van der Waals surface area contributed by atoms with Gasteiger partial charge >= 0.3 is 11.9 Å². The first-order valence-corrected chi connectivity index (χ1v) is 10.3. The van der Waals surface area contributed by atoms with Crippen molar-refractivity contribution in [3.05, 3.63) is 64.5 Å². The average molecular weight is 442 g/mol. The SMILES string of the molecule is CCCCc1c(C(=O)OC)nnc2c1C(O)C(C(O)C(O)C=Cc1ccccc1)OC2=O. The van der Waals surface area contributed by atoms with E-state index in [0.29, 0.717) is 18.4 Å². The van der Waals surface area contributed by atoms with Gasteiger partial charge in [0.25, 0.3) is 0 Å². The normalized spacial score (nSPS) is 19.8. The van der Waals surface area contributed by atoms with Crippen LogP contribution in [0.1, 0.15) is 63.5 Å². The van der Waals surface area contributed by atoms with E-state index in [-0.39, 0.29) is 17.0 Å². The molecule has 0 aliphatic carbocycles. The highest BCUT2D eigenvalue weighted by atomic mass is 16.6. The lowest BCUT2D eigenvalue weighted by atomic mass is 9.88. The number of aromatic nitrogens is 2. The number of methoxy groups -OCH3 is 1. The maximum Gasteiger partial charge on any atom is 0.359 e. The summed E-state index contributed by atoms with van der Waals surface area (Å²) in [6, 6.07) is 9.12. The topological polar surface area (TPSA) is 139 Å². The molecule has 0 bridgehead atoms. The molecule has 2 aromatic rings. The summed E-state index contributed by atoms with van der Waals surface area (Å²) >= 11 is 0. The van der Waals surface area contributed by atoms with Crippen LogP contribution < -0.4 is 0 Å². The Labute approximate surface area is 185 Å². The molecule has 9 nitrogen and oxygen atoms in total. The number of carbonyl (C=O) groups excluding carboxylic acids is 2. The summed E-state index contributed by atoms with van der Waals surface area (Å²) in [5.74, 6) is -1.66. The summed E-state index contributed by atoms with van der Waals surface area (Å²) < 4.78 is 9.95. The predicted molar refractivity (Wildman–Crippen MR) is 114 cm³/mol. The number of rotatable bonds is 8. The summed E-state index contributed by atoms with van der Waals surface area (Å²) in [5, 5.41) is 39.7. The number of benzene rings is 1. The van der Waals surface area contributed by atoms with Gasteiger partial charge in [-0.15, -0.1) is 10.2 Å². The largest absolute Gasteiger partial charge is 0.464 e. The Bertz CT molecular complexity index is 993. The van der Waals surface area contributed by atoms with Gasteiger partial charge in [0.2, 0.25) is 0 Å². The number of unbranched alkanes of at least 4 members (excludes halogenated alkanes) is 1. The molecule has 1 aliphatic heterocycles. The van der Waals surface area contributed by atoms with Gasteiger partial charge in [-0.2, -0.15) is 0 Å². The summed E-state index contributed by atoms with van der Waals surface area (Å²) in [6.07, 6.45) is -1.34. The number of aliphatic hydroxyl groups excluding tert-OH is 3. The molecule has 2 heterocycles. The molecule has 1 aromatic heterocycles. The highest BCUT2D eigenvalue weighted by molar-refractivity contribution is 5.94. The van der Waals surface area contributed by atoms with Crippen LogP contribution in [0.25, 0.3) is 6.08 Å². The predicted octanol–water partition coefficient (Wildman–Crippen LogP) is 1.61. The number of fused-ring (bicyclic) bond motifs is 1. The van der Waals surface area contributed by atoms with Gasteiger partial charge in [0, 0.05) is 5.56 Å². The number of ether oxygens (including phenoxy) is 2. The van der Waals surface area contributed by atoms with E-state index in [2.05, 4.69) is 10.2 Å². The third kappa shape index (κ3) is 4.85. The molecule has 0 amide bonds. The number of carbonyl (C=O) groups is 2. The second-order valence-corrected chi connectivity index (χ2v) is 7.45. The Morgan fingerprint density at radius 3 is 2.62 bits per heavy atom. The van der Waals surface area contributed by atoms with Crippen LogP contribution in [0, 0.1) is 0 Å². The van der Waals surface area contributed by atoms with Gasteiger partial charge in [-0.1, -0.05) is 55.8 Å². The monoisotopic (exact) mass is 442 g/mol. The molecule has 0 saturated carbocycles. The molecular weight excluding hydrogens is 416 g/mol. The van der Waals surface area contributed by atoms with E-state index in [0.717, 1.165) is 12.0 Å². The molecule has 4 atom stereocenters. The van der Waals surface area contributed by atoms with Crippen LogP contribution in [-0.4, -0.2) is 62.9 Å². The fourth-order valence-electron chi connectivity index (χ4n) is 3.57. The van der Waals surface area contributed by atoms with Crippen LogP contribution in [0.3, 0.4) is 0 Å². The molecular formula is C23H26N2O7. The van der Waals surface area contributed by atoms with Crippen molar-refractivity contribution in [3.63, 3.8) is 0 Å². The number of hydrogen-bond acceptors (Lipinski definition) is 9.